The van der Waals surface area contributed by atoms with E-state index in [1.165, 1.54) is 24.1 Å². The SMILES string of the molecule is O=C1CCC(N2Cc3cc(N[C@H]4CCC[C@@H]4N4CCc5ncccc5C4)ccc3C2=O)C(=O)N1. The average molecular weight is 460 g/mol. The van der Waals surface area contributed by atoms with Gasteiger partial charge in [-0.15, -0.1) is 0 Å². The van der Waals surface area contributed by atoms with E-state index < -0.39 is 6.04 Å². The molecule has 1 saturated heterocycles. The number of nitrogens with one attached hydrogen (secondary N) is 2. The van der Waals surface area contributed by atoms with Gasteiger partial charge in [0.15, 0.2) is 0 Å². The summed E-state index contributed by atoms with van der Waals surface area (Å²) in [7, 11) is 0. The van der Waals surface area contributed by atoms with Crippen molar-refractivity contribution in [1.82, 2.24) is 20.1 Å². The summed E-state index contributed by atoms with van der Waals surface area (Å²) >= 11 is 0. The van der Waals surface area contributed by atoms with Gasteiger partial charge < -0.3 is 10.2 Å². The van der Waals surface area contributed by atoms with Crippen molar-refractivity contribution in [3.05, 3.63) is 58.9 Å². The van der Waals surface area contributed by atoms with Crippen LogP contribution in [-0.4, -0.2) is 57.2 Å². The van der Waals surface area contributed by atoms with Crippen LogP contribution >= 0.6 is 0 Å². The van der Waals surface area contributed by atoms with E-state index in [4.69, 9.17) is 0 Å². The molecule has 0 radical (unpaired) electrons. The fraction of sp³-hybridized carbons (Fsp3) is 0.462. The normalized spacial score (nSPS) is 26.9. The predicted octanol–water partition coefficient (Wildman–Crippen LogP) is 2.23. The Morgan fingerprint density at radius 1 is 1.00 bits per heavy atom. The minimum absolute atomic E-state index is 0.129. The van der Waals surface area contributed by atoms with Gasteiger partial charge in [-0.2, -0.15) is 0 Å². The Bertz CT molecular complexity index is 1160. The monoisotopic (exact) mass is 459 g/mol. The minimum Gasteiger partial charge on any atom is -0.381 e. The van der Waals surface area contributed by atoms with Gasteiger partial charge in [0.1, 0.15) is 6.04 Å². The van der Waals surface area contributed by atoms with Crippen molar-refractivity contribution < 1.29 is 14.4 Å². The maximum atomic E-state index is 13.0. The Kier molecular flexibility index (Phi) is 5.32. The molecule has 1 aliphatic carbocycles. The van der Waals surface area contributed by atoms with Crippen molar-refractivity contribution in [2.45, 2.75) is 69.7 Å². The number of anilines is 1. The third-order valence-electron chi connectivity index (χ3n) is 7.82. The number of fused-ring (bicyclic) bond motifs is 2. The van der Waals surface area contributed by atoms with Crippen LogP contribution in [0.4, 0.5) is 5.69 Å². The van der Waals surface area contributed by atoms with E-state index >= 15 is 0 Å². The van der Waals surface area contributed by atoms with Gasteiger partial charge in [-0.3, -0.25) is 29.6 Å². The second-order valence-corrected chi connectivity index (χ2v) is 9.85. The number of piperidine rings is 1. The van der Waals surface area contributed by atoms with Crippen molar-refractivity contribution in [1.29, 1.82) is 0 Å². The third kappa shape index (κ3) is 3.76. The van der Waals surface area contributed by atoms with E-state index in [0.717, 1.165) is 37.2 Å². The van der Waals surface area contributed by atoms with E-state index in [1.807, 2.05) is 24.4 Å². The zero-order valence-electron chi connectivity index (χ0n) is 19.1. The fourth-order valence-electron chi connectivity index (χ4n) is 6.10. The minimum atomic E-state index is -0.579. The Balaban J connectivity index is 1.15. The zero-order valence-corrected chi connectivity index (χ0v) is 19.1. The maximum Gasteiger partial charge on any atom is 0.255 e. The van der Waals surface area contributed by atoms with Gasteiger partial charge >= 0.3 is 0 Å². The van der Waals surface area contributed by atoms with E-state index in [-0.39, 0.29) is 24.1 Å². The van der Waals surface area contributed by atoms with E-state index in [2.05, 4.69) is 32.7 Å². The molecule has 6 rings (SSSR count). The van der Waals surface area contributed by atoms with Crippen LogP contribution < -0.4 is 10.6 Å². The van der Waals surface area contributed by atoms with Gasteiger partial charge in [0.25, 0.3) is 5.91 Å². The molecule has 34 heavy (non-hydrogen) atoms. The number of rotatable bonds is 4. The lowest BCUT2D eigenvalue weighted by molar-refractivity contribution is -0.136. The topological polar surface area (TPSA) is 94.6 Å². The van der Waals surface area contributed by atoms with E-state index in [9.17, 15) is 14.4 Å². The molecule has 8 heteroatoms. The molecule has 176 valence electrons. The Morgan fingerprint density at radius 2 is 1.91 bits per heavy atom. The highest BCUT2D eigenvalue weighted by Crippen LogP contribution is 2.33. The number of pyridine rings is 1. The largest absolute Gasteiger partial charge is 0.381 e. The highest BCUT2D eigenvalue weighted by molar-refractivity contribution is 6.05. The lowest BCUT2D eigenvalue weighted by Gasteiger charge is -2.36. The van der Waals surface area contributed by atoms with Gasteiger partial charge in [-0.05, 0) is 61.1 Å². The Morgan fingerprint density at radius 3 is 2.79 bits per heavy atom. The van der Waals surface area contributed by atoms with E-state index in [0.29, 0.717) is 30.6 Å². The second-order valence-electron chi connectivity index (χ2n) is 9.85. The molecule has 2 fully saturated rings. The van der Waals surface area contributed by atoms with Crippen molar-refractivity contribution >= 4 is 23.4 Å². The van der Waals surface area contributed by atoms with Crippen molar-refractivity contribution in [2.75, 3.05) is 11.9 Å². The van der Waals surface area contributed by atoms with Gasteiger partial charge in [0, 0.05) is 67.7 Å². The molecule has 2 aromatic rings. The molecule has 4 aliphatic rings. The van der Waals surface area contributed by atoms with Crippen LogP contribution in [0.2, 0.25) is 0 Å². The van der Waals surface area contributed by atoms with Crippen LogP contribution in [0, 0.1) is 0 Å². The first-order valence-corrected chi connectivity index (χ1v) is 12.3. The number of hydrogen-bond donors (Lipinski definition) is 2. The number of nitrogens with zero attached hydrogens (tertiary/aromatic N) is 3. The number of imide groups is 1. The zero-order chi connectivity index (χ0) is 23.2. The van der Waals surface area contributed by atoms with Crippen LogP contribution in [0.25, 0.3) is 0 Å². The van der Waals surface area contributed by atoms with Crippen LogP contribution in [0.5, 0.6) is 0 Å². The number of amides is 3. The van der Waals surface area contributed by atoms with Gasteiger partial charge in [0.2, 0.25) is 11.8 Å². The van der Waals surface area contributed by atoms with Crippen LogP contribution in [0.15, 0.2) is 36.5 Å². The molecule has 4 heterocycles. The molecule has 1 saturated carbocycles. The molecule has 0 bridgehead atoms. The summed E-state index contributed by atoms with van der Waals surface area (Å²) in [5.41, 5.74) is 5.17. The summed E-state index contributed by atoms with van der Waals surface area (Å²) in [6.07, 6.45) is 7.03. The highest BCUT2D eigenvalue weighted by Gasteiger charge is 2.39. The van der Waals surface area contributed by atoms with Gasteiger partial charge in [-0.1, -0.05) is 6.07 Å². The first-order valence-electron chi connectivity index (χ1n) is 12.3. The highest BCUT2D eigenvalue weighted by atomic mass is 16.2. The molecule has 8 nitrogen and oxygen atoms in total. The second kappa shape index (κ2) is 8.51. The average Bonchev–Trinajstić information content (AvgIpc) is 3.43. The fourth-order valence-corrected chi connectivity index (χ4v) is 6.10. The van der Waals surface area contributed by atoms with E-state index in [1.54, 1.807) is 4.90 Å². The summed E-state index contributed by atoms with van der Waals surface area (Å²) in [6.45, 7) is 2.39. The summed E-state index contributed by atoms with van der Waals surface area (Å²) in [4.78, 5) is 45.5. The van der Waals surface area contributed by atoms with Crippen LogP contribution in [0.3, 0.4) is 0 Å². The summed E-state index contributed by atoms with van der Waals surface area (Å²) in [5, 5.41) is 6.12. The number of carbonyl (C=O) groups excluding carboxylic acids is 3. The molecule has 3 atom stereocenters. The number of carbonyl (C=O) groups is 3. The number of aromatic nitrogens is 1. The maximum absolute atomic E-state index is 13.0. The molecule has 3 aliphatic heterocycles. The molecule has 0 spiro atoms. The first-order chi connectivity index (χ1) is 16.6. The third-order valence-corrected chi connectivity index (χ3v) is 7.82. The lowest BCUT2D eigenvalue weighted by atomic mass is 10.0. The Hall–Kier alpha value is -3.26. The summed E-state index contributed by atoms with van der Waals surface area (Å²) < 4.78 is 0. The standard InChI is InChI=1S/C26H29N5O3/c32-24-9-8-23(25(33)29-24)31-15-17-13-18(6-7-19(17)26(31)34)28-21-4-1-5-22(21)30-12-10-20-16(14-30)3-2-11-27-20/h2-3,6-7,11,13,21-23,28H,1,4-5,8-10,12,14-15H2,(H,29,32,33)/t21-,22-,23?/m0/s1. The van der Waals surface area contributed by atoms with Gasteiger partial charge in [0.05, 0.1) is 0 Å². The molecular formula is C26H29N5O3. The van der Waals surface area contributed by atoms with Crippen molar-refractivity contribution in [2.24, 2.45) is 0 Å². The van der Waals surface area contributed by atoms with Crippen LogP contribution in [0.1, 0.15) is 59.3 Å². The molecular weight excluding hydrogens is 430 g/mol. The molecule has 2 N–H and O–H groups in total. The number of benzene rings is 1. The molecule has 1 aromatic heterocycles. The quantitative estimate of drug-likeness (QED) is 0.681. The predicted molar refractivity (Wildman–Crippen MR) is 126 cm³/mol. The number of hydrogen-bond acceptors (Lipinski definition) is 6. The summed E-state index contributed by atoms with van der Waals surface area (Å²) in [6, 6.07) is 10.4. The molecule has 1 unspecified atom stereocenters. The molecule has 1 aromatic carbocycles. The molecule has 3 amide bonds. The summed E-state index contributed by atoms with van der Waals surface area (Å²) in [5.74, 6) is -0.769. The van der Waals surface area contributed by atoms with Crippen LogP contribution in [-0.2, 0) is 29.1 Å². The van der Waals surface area contributed by atoms with Crippen molar-refractivity contribution in [3.63, 3.8) is 0 Å². The van der Waals surface area contributed by atoms with Gasteiger partial charge in [-0.25, -0.2) is 0 Å². The lowest BCUT2D eigenvalue weighted by Crippen LogP contribution is -2.52. The Labute approximate surface area is 198 Å². The smallest absolute Gasteiger partial charge is 0.255 e. The van der Waals surface area contributed by atoms with Crippen molar-refractivity contribution in [3.8, 4) is 0 Å². The first kappa shape index (κ1) is 21.3.